The molecule has 0 atom stereocenters. The maximum Gasteiger partial charge on any atom is 0.339 e. The van der Waals surface area contributed by atoms with Crippen LogP contribution in [0.5, 0.6) is 0 Å². The van der Waals surface area contributed by atoms with Gasteiger partial charge in [0.25, 0.3) is 5.91 Å². The number of carbonyl (C=O) groups excluding carboxylic acids is 1. The van der Waals surface area contributed by atoms with Crippen molar-refractivity contribution in [1.82, 2.24) is 10.3 Å². The molecule has 0 saturated heterocycles. The largest absolute Gasteiger partial charge is 0.478 e. The van der Waals surface area contributed by atoms with Gasteiger partial charge in [0, 0.05) is 6.20 Å². The van der Waals surface area contributed by atoms with Gasteiger partial charge in [0.05, 0.1) is 18.3 Å². The van der Waals surface area contributed by atoms with Crippen LogP contribution in [-0.4, -0.2) is 22.0 Å². The van der Waals surface area contributed by atoms with Gasteiger partial charge in [-0.3, -0.25) is 9.78 Å². The number of carboxylic acid groups (broad SMARTS) is 1. The van der Waals surface area contributed by atoms with E-state index >= 15 is 0 Å². The van der Waals surface area contributed by atoms with Gasteiger partial charge >= 0.3 is 5.97 Å². The molecule has 0 aliphatic heterocycles. The van der Waals surface area contributed by atoms with Crippen LogP contribution in [0.4, 0.5) is 4.39 Å². The van der Waals surface area contributed by atoms with Gasteiger partial charge in [-0.25, -0.2) is 9.18 Å². The summed E-state index contributed by atoms with van der Waals surface area (Å²) in [4.78, 5) is 26.1. The van der Waals surface area contributed by atoms with Crippen molar-refractivity contribution in [2.75, 3.05) is 0 Å². The molecule has 0 aliphatic rings. The number of nitrogens with zero attached hydrogens (tertiary/aromatic N) is 1. The van der Waals surface area contributed by atoms with Gasteiger partial charge < -0.3 is 14.8 Å². The number of furan rings is 1. The second-order valence-corrected chi connectivity index (χ2v) is 4.03. The van der Waals surface area contributed by atoms with Crippen molar-refractivity contribution in [3.63, 3.8) is 0 Å². The zero-order valence-corrected chi connectivity index (χ0v) is 10.5. The maximum atomic E-state index is 13.3. The Labute approximate surface area is 113 Å². The Kier molecular flexibility index (Phi) is 3.79. The van der Waals surface area contributed by atoms with E-state index in [1.54, 1.807) is 0 Å². The molecule has 0 saturated carbocycles. The third-order valence-corrected chi connectivity index (χ3v) is 2.64. The lowest BCUT2D eigenvalue weighted by Crippen LogP contribution is -2.23. The average molecular weight is 278 g/mol. The van der Waals surface area contributed by atoms with E-state index in [9.17, 15) is 14.0 Å². The molecule has 0 spiro atoms. The lowest BCUT2D eigenvalue weighted by Gasteiger charge is -2.03. The molecule has 2 heterocycles. The Morgan fingerprint density at radius 3 is 2.80 bits per heavy atom. The minimum atomic E-state index is -1.11. The Morgan fingerprint density at radius 1 is 1.45 bits per heavy atom. The molecular weight excluding hydrogens is 267 g/mol. The number of aryl methyl sites for hydroxylation is 1. The molecule has 2 aromatic heterocycles. The van der Waals surface area contributed by atoms with Gasteiger partial charge in [0.15, 0.2) is 5.82 Å². The molecule has 0 fully saturated rings. The number of carbonyl (C=O) groups is 2. The van der Waals surface area contributed by atoms with E-state index in [0.717, 1.165) is 6.20 Å². The van der Waals surface area contributed by atoms with Crippen LogP contribution in [0.15, 0.2) is 28.9 Å². The summed E-state index contributed by atoms with van der Waals surface area (Å²) in [6.07, 6.45) is 2.24. The number of rotatable bonds is 4. The quantitative estimate of drug-likeness (QED) is 0.888. The molecule has 20 heavy (non-hydrogen) atoms. The molecule has 0 unspecified atom stereocenters. The van der Waals surface area contributed by atoms with Gasteiger partial charge in [-0.15, -0.1) is 0 Å². The molecule has 0 radical (unpaired) electrons. The fourth-order valence-electron chi connectivity index (χ4n) is 1.67. The third kappa shape index (κ3) is 2.82. The second kappa shape index (κ2) is 5.52. The minimum Gasteiger partial charge on any atom is -0.478 e. The van der Waals surface area contributed by atoms with Gasteiger partial charge in [-0.2, -0.15) is 0 Å². The third-order valence-electron chi connectivity index (χ3n) is 2.64. The fourth-order valence-corrected chi connectivity index (χ4v) is 1.67. The van der Waals surface area contributed by atoms with Crippen LogP contribution in [-0.2, 0) is 6.54 Å². The van der Waals surface area contributed by atoms with Crippen LogP contribution in [0.25, 0.3) is 0 Å². The van der Waals surface area contributed by atoms with E-state index < -0.39 is 17.7 Å². The normalized spacial score (nSPS) is 10.3. The highest BCUT2D eigenvalue weighted by Gasteiger charge is 2.15. The van der Waals surface area contributed by atoms with Crippen LogP contribution >= 0.6 is 0 Å². The van der Waals surface area contributed by atoms with Crippen molar-refractivity contribution in [3.05, 3.63) is 53.0 Å². The van der Waals surface area contributed by atoms with Crippen molar-refractivity contribution >= 4 is 11.9 Å². The Hall–Kier alpha value is -2.70. The highest BCUT2D eigenvalue weighted by atomic mass is 19.1. The Balaban J connectivity index is 2.06. The zero-order chi connectivity index (χ0) is 14.7. The average Bonchev–Trinajstić information content (AvgIpc) is 2.78. The zero-order valence-electron chi connectivity index (χ0n) is 10.5. The summed E-state index contributed by atoms with van der Waals surface area (Å²) in [5, 5.41) is 11.3. The predicted molar refractivity (Wildman–Crippen MR) is 65.8 cm³/mol. The molecule has 2 aromatic rings. The summed E-state index contributed by atoms with van der Waals surface area (Å²) in [6, 6.07) is 2.57. The highest BCUT2D eigenvalue weighted by Crippen LogP contribution is 2.14. The van der Waals surface area contributed by atoms with Crippen LogP contribution in [0.3, 0.4) is 0 Å². The van der Waals surface area contributed by atoms with Crippen molar-refractivity contribution in [1.29, 1.82) is 0 Å². The summed E-state index contributed by atoms with van der Waals surface area (Å²) in [6.45, 7) is 1.48. The first-order valence-corrected chi connectivity index (χ1v) is 5.69. The van der Waals surface area contributed by atoms with E-state index in [0.29, 0.717) is 0 Å². The van der Waals surface area contributed by atoms with Crippen molar-refractivity contribution in [2.45, 2.75) is 13.5 Å². The number of aromatic nitrogens is 1. The molecule has 0 aliphatic carbocycles. The van der Waals surface area contributed by atoms with Crippen molar-refractivity contribution in [3.8, 4) is 0 Å². The van der Waals surface area contributed by atoms with Gasteiger partial charge in [-0.1, -0.05) is 0 Å². The number of halogens is 1. The first-order valence-electron chi connectivity index (χ1n) is 5.69. The predicted octanol–water partition coefficient (Wildman–Crippen LogP) is 1.75. The summed E-state index contributed by atoms with van der Waals surface area (Å²) < 4.78 is 18.5. The van der Waals surface area contributed by atoms with Gasteiger partial charge in [0.1, 0.15) is 17.1 Å². The standard InChI is InChI=1S/C13H11FN2O4/c1-7-10(13(18)19)4-8(20-7)5-16-12(17)9-2-3-15-6-11(9)14/h2-4,6H,5H2,1H3,(H,16,17)(H,18,19). The van der Waals surface area contributed by atoms with Gasteiger partial charge in [0.2, 0.25) is 0 Å². The smallest absolute Gasteiger partial charge is 0.339 e. The van der Waals surface area contributed by atoms with Crippen LogP contribution in [0.2, 0.25) is 0 Å². The number of nitrogens with one attached hydrogen (secondary N) is 1. The molecule has 7 heteroatoms. The lowest BCUT2D eigenvalue weighted by molar-refractivity contribution is 0.0694. The molecule has 2 N–H and O–H groups in total. The van der Waals surface area contributed by atoms with Crippen LogP contribution in [0.1, 0.15) is 32.2 Å². The summed E-state index contributed by atoms with van der Waals surface area (Å²) in [5.74, 6) is -1.94. The van der Waals surface area contributed by atoms with Crippen molar-refractivity contribution < 1.29 is 23.5 Å². The number of hydrogen-bond donors (Lipinski definition) is 2. The second-order valence-electron chi connectivity index (χ2n) is 4.03. The topological polar surface area (TPSA) is 92.4 Å². The van der Waals surface area contributed by atoms with E-state index in [2.05, 4.69) is 10.3 Å². The van der Waals surface area contributed by atoms with E-state index in [1.165, 1.54) is 25.3 Å². The van der Waals surface area contributed by atoms with Crippen molar-refractivity contribution in [2.24, 2.45) is 0 Å². The first kappa shape index (κ1) is 13.7. The minimum absolute atomic E-state index is 0.0318. The molecular formula is C13H11FN2O4. The summed E-state index contributed by atoms with van der Waals surface area (Å²) >= 11 is 0. The van der Waals surface area contributed by atoms with Crippen LogP contribution in [0, 0.1) is 12.7 Å². The Morgan fingerprint density at radius 2 is 2.20 bits per heavy atom. The highest BCUT2D eigenvalue weighted by molar-refractivity contribution is 5.94. The van der Waals surface area contributed by atoms with E-state index in [4.69, 9.17) is 9.52 Å². The monoisotopic (exact) mass is 278 g/mol. The first-order chi connectivity index (χ1) is 9.49. The maximum absolute atomic E-state index is 13.3. The Bertz CT molecular complexity index is 666. The van der Waals surface area contributed by atoms with Crippen LogP contribution < -0.4 is 5.32 Å². The number of hydrogen-bond acceptors (Lipinski definition) is 4. The van der Waals surface area contributed by atoms with E-state index in [1.807, 2.05) is 0 Å². The summed E-state index contributed by atoms with van der Waals surface area (Å²) in [7, 11) is 0. The molecule has 0 aromatic carbocycles. The number of carboxylic acids is 1. The summed E-state index contributed by atoms with van der Waals surface area (Å²) in [5.41, 5.74) is -0.105. The number of aromatic carboxylic acids is 1. The molecule has 104 valence electrons. The fraction of sp³-hybridized carbons (Fsp3) is 0.154. The van der Waals surface area contributed by atoms with Gasteiger partial charge in [-0.05, 0) is 19.1 Å². The molecule has 0 bridgehead atoms. The lowest BCUT2D eigenvalue weighted by atomic mass is 10.2. The van der Waals surface area contributed by atoms with E-state index in [-0.39, 0.29) is 29.2 Å². The number of pyridine rings is 1. The SMILES string of the molecule is Cc1oc(CNC(=O)c2ccncc2F)cc1C(=O)O. The number of amides is 1. The molecule has 6 nitrogen and oxygen atoms in total. The molecule has 1 amide bonds. The molecule has 2 rings (SSSR count).